The van der Waals surface area contributed by atoms with Crippen LogP contribution in [-0.2, 0) is 9.53 Å². The first kappa shape index (κ1) is 9.26. The highest BCUT2D eigenvalue weighted by molar-refractivity contribution is 5.85. The summed E-state index contributed by atoms with van der Waals surface area (Å²) in [5, 5.41) is 8.62. The molecule has 1 N–H and O–H groups in total. The summed E-state index contributed by atoms with van der Waals surface area (Å²) >= 11 is 0. The highest BCUT2D eigenvalue weighted by Gasteiger charge is 2.30. The van der Waals surface area contributed by atoms with Gasteiger partial charge in [-0.15, -0.1) is 0 Å². The average molecular weight is 170 g/mol. The van der Waals surface area contributed by atoms with Gasteiger partial charge in [0.15, 0.2) is 0 Å². The Hall–Kier alpha value is -0.830. The van der Waals surface area contributed by atoms with Crippen molar-refractivity contribution >= 4 is 5.97 Å². The maximum Gasteiger partial charge on any atom is 0.330 e. The largest absolute Gasteiger partial charge is 0.478 e. The zero-order valence-corrected chi connectivity index (χ0v) is 7.41. The Kier molecular flexibility index (Phi) is 2.87. The Labute approximate surface area is 72.0 Å². The summed E-state index contributed by atoms with van der Waals surface area (Å²) in [7, 11) is 0. The van der Waals surface area contributed by atoms with Crippen LogP contribution in [0, 0.1) is 5.92 Å². The SMILES string of the molecule is CCC(C=C(C)C(=O)O)C1CO1. The first-order chi connectivity index (χ1) is 5.65. The van der Waals surface area contributed by atoms with Gasteiger partial charge in [-0.1, -0.05) is 13.0 Å². The van der Waals surface area contributed by atoms with Crippen molar-refractivity contribution in [2.45, 2.75) is 26.4 Å². The minimum absolute atomic E-state index is 0.268. The Morgan fingerprint density at radius 1 is 1.83 bits per heavy atom. The predicted molar refractivity (Wildman–Crippen MR) is 44.9 cm³/mol. The number of carboxylic acid groups (broad SMARTS) is 1. The van der Waals surface area contributed by atoms with Crippen LogP contribution < -0.4 is 0 Å². The van der Waals surface area contributed by atoms with Gasteiger partial charge in [-0.05, 0) is 13.3 Å². The molecule has 0 amide bonds. The third-order valence-corrected chi connectivity index (χ3v) is 2.11. The Balaban J connectivity index is 2.54. The van der Waals surface area contributed by atoms with Crippen LogP contribution in [0.5, 0.6) is 0 Å². The van der Waals surface area contributed by atoms with E-state index in [-0.39, 0.29) is 12.0 Å². The number of aliphatic carboxylic acids is 1. The second kappa shape index (κ2) is 3.72. The molecule has 1 aliphatic rings. The topological polar surface area (TPSA) is 49.8 Å². The van der Waals surface area contributed by atoms with Gasteiger partial charge in [-0.2, -0.15) is 0 Å². The zero-order valence-electron chi connectivity index (χ0n) is 7.41. The van der Waals surface area contributed by atoms with Crippen molar-refractivity contribution in [3.05, 3.63) is 11.6 Å². The summed E-state index contributed by atoms with van der Waals surface area (Å²) in [6, 6.07) is 0. The third-order valence-electron chi connectivity index (χ3n) is 2.11. The van der Waals surface area contributed by atoms with Crippen LogP contribution in [0.25, 0.3) is 0 Å². The molecule has 1 rings (SSSR count). The van der Waals surface area contributed by atoms with Crippen molar-refractivity contribution in [3.8, 4) is 0 Å². The highest BCUT2D eigenvalue weighted by Crippen LogP contribution is 2.25. The van der Waals surface area contributed by atoms with E-state index >= 15 is 0 Å². The van der Waals surface area contributed by atoms with Crippen molar-refractivity contribution in [3.63, 3.8) is 0 Å². The molecule has 0 aromatic carbocycles. The van der Waals surface area contributed by atoms with Crippen molar-refractivity contribution in [1.29, 1.82) is 0 Å². The van der Waals surface area contributed by atoms with E-state index in [0.29, 0.717) is 5.57 Å². The molecule has 3 nitrogen and oxygen atoms in total. The van der Waals surface area contributed by atoms with E-state index in [1.54, 1.807) is 13.0 Å². The maximum absolute atomic E-state index is 10.5. The number of rotatable bonds is 4. The molecule has 1 fully saturated rings. The second-order valence-corrected chi connectivity index (χ2v) is 3.10. The van der Waals surface area contributed by atoms with Crippen molar-refractivity contribution in [1.82, 2.24) is 0 Å². The quantitative estimate of drug-likeness (QED) is 0.513. The molecule has 0 radical (unpaired) electrons. The van der Waals surface area contributed by atoms with E-state index in [9.17, 15) is 4.79 Å². The molecule has 3 heteroatoms. The van der Waals surface area contributed by atoms with E-state index in [4.69, 9.17) is 9.84 Å². The molecule has 0 bridgehead atoms. The molecule has 1 heterocycles. The lowest BCUT2D eigenvalue weighted by Crippen LogP contribution is -2.07. The molecule has 12 heavy (non-hydrogen) atoms. The van der Waals surface area contributed by atoms with Gasteiger partial charge in [0, 0.05) is 11.5 Å². The van der Waals surface area contributed by atoms with Crippen molar-refractivity contribution in [2.75, 3.05) is 6.61 Å². The lowest BCUT2D eigenvalue weighted by Gasteiger charge is -2.05. The molecule has 1 aliphatic heterocycles. The zero-order chi connectivity index (χ0) is 9.14. The molecular formula is C9H14O3. The summed E-state index contributed by atoms with van der Waals surface area (Å²) in [6.07, 6.45) is 3.00. The van der Waals surface area contributed by atoms with Crippen LogP contribution in [0.2, 0.25) is 0 Å². The number of carboxylic acids is 1. The molecular weight excluding hydrogens is 156 g/mol. The number of carbonyl (C=O) groups is 1. The first-order valence-corrected chi connectivity index (χ1v) is 4.18. The van der Waals surface area contributed by atoms with Gasteiger partial charge >= 0.3 is 5.97 Å². The average Bonchev–Trinajstić information content (AvgIpc) is 2.82. The fourth-order valence-corrected chi connectivity index (χ4v) is 1.18. The van der Waals surface area contributed by atoms with Gasteiger partial charge in [0.1, 0.15) is 0 Å². The van der Waals surface area contributed by atoms with Crippen LogP contribution in [0.3, 0.4) is 0 Å². The van der Waals surface area contributed by atoms with Crippen LogP contribution >= 0.6 is 0 Å². The van der Waals surface area contributed by atoms with Gasteiger partial charge < -0.3 is 9.84 Å². The molecule has 2 unspecified atom stereocenters. The monoisotopic (exact) mass is 170 g/mol. The molecule has 0 aliphatic carbocycles. The molecule has 0 spiro atoms. The van der Waals surface area contributed by atoms with Gasteiger partial charge in [0.25, 0.3) is 0 Å². The van der Waals surface area contributed by atoms with Gasteiger partial charge in [0.05, 0.1) is 12.7 Å². The third kappa shape index (κ3) is 2.34. The fraction of sp³-hybridized carbons (Fsp3) is 0.667. The summed E-state index contributed by atoms with van der Waals surface area (Å²) < 4.78 is 5.10. The molecule has 0 aromatic rings. The number of hydrogen-bond donors (Lipinski definition) is 1. The highest BCUT2D eigenvalue weighted by atomic mass is 16.6. The number of hydrogen-bond acceptors (Lipinski definition) is 2. The minimum Gasteiger partial charge on any atom is -0.478 e. The lowest BCUT2D eigenvalue weighted by molar-refractivity contribution is -0.132. The van der Waals surface area contributed by atoms with E-state index in [0.717, 1.165) is 13.0 Å². The number of epoxide rings is 1. The Bertz CT molecular complexity index is 204. The van der Waals surface area contributed by atoms with E-state index in [2.05, 4.69) is 0 Å². The van der Waals surface area contributed by atoms with Gasteiger partial charge in [-0.25, -0.2) is 4.79 Å². The molecule has 68 valence electrons. The Morgan fingerprint density at radius 3 is 2.75 bits per heavy atom. The van der Waals surface area contributed by atoms with E-state index in [1.165, 1.54) is 0 Å². The standard InChI is InChI=1S/C9H14O3/c1-3-7(8-5-12-8)4-6(2)9(10)11/h4,7-8H,3,5H2,1-2H3,(H,10,11). The van der Waals surface area contributed by atoms with Crippen LogP contribution in [0.4, 0.5) is 0 Å². The number of ether oxygens (including phenoxy) is 1. The van der Waals surface area contributed by atoms with E-state index in [1.807, 2.05) is 6.92 Å². The summed E-state index contributed by atoms with van der Waals surface area (Å²) in [5.74, 6) is -0.560. The van der Waals surface area contributed by atoms with Gasteiger partial charge in [0.2, 0.25) is 0 Å². The van der Waals surface area contributed by atoms with Crippen LogP contribution in [0.1, 0.15) is 20.3 Å². The molecule has 0 aromatic heterocycles. The molecule has 1 saturated heterocycles. The lowest BCUT2D eigenvalue weighted by atomic mass is 10.00. The van der Waals surface area contributed by atoms with E-state index < -0.39 is 5.97 Å². The van der Waals surface area contributed by atoms with Crippen LogP contribution in [-0.4, -0.2) is 23.8 Å². The Morgan fingerprint density at radius 2 is 2.42 bits per heavy atom. The fourth-order valence-electron chi connectivity index (χ4n) is 1.18. The van der Waals surface area contributed by atoms with Crippen molar-refractivity contribution < 1.29 is 14.6 Å². The van der Waals surface area contributed by atoms with Crippen molar-refractivity contribution in [2.24, 2.45) is 5.92 Å². The predicted octanol–water partition coefficient (Wildman–Crippen LogP) is 1.44. The molecule has 2 atom stereocenters. The molecule has 0 saturated carbocycles. The normalized spacial score (nSPS) is 25.2. The maximum atomic E-state index is 10.5. The smallest absolute Gasteiger partial charge is 0.330 e. The minimum atomic E-state index is -0.839. The summed E-state index contributed by atoms with van der Waals surface area (Å²) in [4.78, 5) is 10.5. The summed E-state index contributed by atoms with van der Waals surface area (Å²) in [6.45, 7) is 4.44. The first-order valence-electron chi connectivity index (χ1n) is 4.18. The van der Waals surface area contributed by atoms with Crippen LogP contribution in [0.15, 0.2) is 11.6 Å². The summed E-state index contributed by atoms with van der Waals surface area (Å²) in [5.41, 5.74) is 0.414. The second-order valence-electron chi connectivity index (χ2n) is 3.10. The van der Waals surface area contributed by atoms with Gasteiger partial charge in [-0.3, -0.25) is 0 Å².